The van der Waals surface area contributed by atoms with E-state index in [1.165, 1.54) is 12.8 Å². The zero-order valence-corrected chi connectivity index (χ0v) is 11.0. The van der Waals surface area contributed by atoms with Gasteiger partial charge in [-0.2, -0.15) is 0 Å². The molecule has 0 aliphatic heterocycles. The van der Waals surface area contributed by atoms with E-state index < -0.39 is 0 Å². The van der Waals surface area contributed by atoms with Crippen molar-refractivity contribution in [2.45, 2.75) is 45.1 Å². The second-order valence-electron chi connectivity index (χ2n) is 4.33. The Bertz CT molecular complexity index is 272. The number of rotatable bonds is 9. The van der Waals surface area contributed by atoms with Gasteiger partial charge in [-0.15, -0.1) is 0 Å². The molecule has 0 aliphatic rings. The summed E-state index contributed by atoms with van der Waals surface area (Å²) in [6.45, 7) is 3.06. The van der Waals surface area contributed by atoms with Crippen molar-refractivity contribution in [2.24, 2.45) is 0 Å². The smallest absolute Gasteiger partial charge is 0.119 e. The second kappa shape index (κ2) is 9.06. The minimum absolute atomic E-state index is 0.347. The minimum Gasteiger partial charge on any atom is -0.490 e. The fraction of sp³-hybridized carbons (Fsp3) is 0.600. The van der Waals surface area contributed by atoms with Crippen LogP contribution in [0.3, 0.4) is 0 Å². The van der Waals surface area contributed by atoms with E-state index in [2.05, 4.69) is 6.92 Å². The van der Waals surface area contributed by atoms with Gasteiger partial charge in [-0.25, -0.2) is 0 Å². The van der Waals surface area contributed by atoms with Gasteiger partial charge in [0.15, 0.2) is 0 Å². The molecule has 1 aromatic carbocycles. The molecule has 0 saturated heterocycles. The molecular weight excluding hydrogens is 212 g/mol. The first-order valence-corrected chi connectivity index (χ1v) is 6.57. The van der Waals surface area contributed by atoms with E-state index in [9.17, 15) is 0 Å². The summed E-state index contributed by atoms with van der Waals surface area (Å²) in [5.74, 6) is 0.984. The molecule has 1 rings (SSSR count). The third kappa shape index (κ3) is 6.32. The summed E-state index contributed by atoms with van der Waals surface area (Å²) in [4.78, 5) is 0. The van der Waals surface area contributed by atoms with Gasteiger partial charge in [-0.05, 0) is 37.8 Å². The Morgan fingerprint density at radius 2 is 1.82 bits per heavy atom. The van der Waals surface area contributed by atoms with Crippen LogP contribution in [0.2, 0.25) is 0 Å². The van der Waals surface area contributed by atoms with Crippen LogP contribution in [0.5, 0.6) is 5.75 Å². The molecule has 0 amide bonds. The summed E-state index contributed by atoms with van der Waals surface area (Å²) in [6, 6.07) is 10.1. The molecule has 0 fully saturated rings. The van der Waals surface area contributed by atoms with Gasteiger partial charge in [0.05, 0.1) is 6.10 Å². The first kappa shape index (κ1) is 14.0. The SMILES string of the molecule is CCCC(CCCCOC)Oc1ccccc1. The molecule has 0 saturated carbocycles. The Hall–Kier alpha value is -1.02. The zero-order chi connectivity index (χ0) is 12.3. The van der Waals surface area contributed by atoms with Crippen LogP contribution in [0.15, 0.2) is 30.3 Å². The number of hydrogen-bond donors (Lipinski definition) is 0. The highest BCUT2D eigenvalue weighted by Gasteiger charge is 2.08. The van der Waals surface area contributed by atoms with E-state index in [0.29, 0.717) is 6.10 Å². The zero-order valence-electron chi connectivity index (χ0n) is 11.0. The van der Waals surface area contributed by atoms with Crippen LogP contribution in [0.25, 0.3) is 0 Å². The summed E-state index contributed by atoms with van der Waals surface area (Å²) in [5, 5.41) is 0. The maximum absolute atomic E-state index is 5.99. The van der Waals surface area contributed by atoms with Gasteiger partial charge in [-0.3, -0.25) is 0 Å². The van der Waals surface area contributed by atoms with Crippen molar-refractivity contribution < 1.29 is 9.47 Å². The summed E-state index contributed by atoms with van der Waals surface area (Å²) < 4.78 is 11.1. The van der Waals surface area contributed by atoms with Gasteiger partial charge >= 0.3 is 0 Å². The third-order valence-electron chi connectivity index (χ3n) is 2.78. The Balaban J connectivity index is 2.32. The first-order chi connectivity index (χ1) is 8.36. The topological polar surface area (TPSA) is 18.5 Å². The summed E-state index contributed by atoms with van der Waals surface area (Å²) in [5.41, 5.74) is 0. The van der Waals surface area contributed by atoms with E-state index in [1.54, 1.807) is 7.11 Å². The number of benzene rings is 1. The van der Waals surface area contributed by atoms with E-state index >= 15 is 0 Å². The third-order valence-corrected chi connectivity index (χ3v) is 2.78. The summed E-state index contributed by atoms with van der Waals surface area (Å²) in [7, 11) is 1.75. The number of unbranched alkanes of at least 4 members (excludes halogenated alkanes) is 1. The molecule has 1 unspecified atom stereocenters. The van der Waals surface area contributed by atoms with Gasteiger partial charge in [0, 0.05) is 13.7 Å². The normalized spacial score (nSPS) is 12.4. The average Bonchev–Trinajstić information content (AvgIpc) is 2.36. The fourth-order valence-electron chi connectivity index (χ4n) is 1.89. The number of para-hydroxylation sites is 1. The lowest BCUT2D eigenvalue weighted by atomic mass is 10.1. The lowest BCUT2D eigenvalue weighted by molar-refractivity contribution is 0.160. The largest absolute Gasteiger partial charge is 0.490 e. The second-order valence-corrected chi connectivity index (χ2v) is 4.33. The van der Waals surface area contributed by atoms with Crippen molar-refractivity contribution in [1.82, 2.24) is 0 Å². The molecule has 2 nitrogen and oxygen atoms in total. The lowest BCUT2D eigenvalue weighted by Crippen LogP contribution is -2.16. The van der Waals surface area contributed by atoms with Crippen LogP contribution in [0, 0.1) is 0 Å². The number of methoxy groups -OCH3 is 1. The van der Waals surface area contributed by atoms with Crippen LogP contribution in [-0.2, 0) is 4.74 Å². The van der Waals surface area contributed by atoms with E-state index in [1.807, 2.05) is 30.3 Å². The summed E-state index contributed by atoms with van der Waals surface area (Å²) >= 11 is 0. The maximum atomic E-state index is 5.99. The van der Waals surface area contributed by atoms with Gasteiger partial charge in [-0.1, -0.05) is 31.5 Å². The molecule has 0 radical (unpaired) electrons. The average molecular weight is 236 g/mol. The van der Waals surface area contributed by atoms with Gasteiger partial charge in [0.1, 0.15) is 5.75 Å². The van der Waals surface area contributed by atoms with Gasteiger partial charge in [0.25, 0.3) is 0 Å². The minimum atomic E-state index is 0.347. The molecule has 96 valence electrons. The van der Waals surface area contributed by atoms with Crippen molar-refractivity contribution in [2.75, 3.05) is 13.7 Å². The van der Waals surface area contributed by atoms with Crippen LogP contribution >= 0.6 is 0 Å². The lowest BCUT2D eigenvalue weighted by Gasteiger charge is -2.18. The van der Waals surface area contributed by atoms with E-state index in [-0.39, 0.29) is 0 Å². The van der Waals surface area contributed by atoms with Crippen molar-refractivity contribution >= 4 is 0 Å². The number of ether oxygens (including phenoxy) is 2. The van der Waals surface area contributed by atoms with Crippen molar-refractivity contribution in [1.29, 1.82) is 0 Å². The molecule has 0 aliphatic carbocycles. The van der Waals surface area contributed by atoms with Crippen LogP contribution in [0.4, 0.5) is 0 Å². The predicted molar refractivity (Wildman–Crippen MR) is 71.5 cm³/mol. The molecule has 1 aromatic rings. The standard InChI is InChI=1S/C15H24O2/c1-3-9-14(12-7-8-13-16-2)17-15-10-5-4-6-11-15/h4-6,10-11,14H,3,7-9,12-13H2,1-2H3. The van der Waals surface area contributed by atoms with Crippen LogP contribution in [0.1, 0.15) is 39.0 Å². The van der Waals surface area contributed by atoms with Crippen molar-refractivity contribution in [3.05, 3.63) is 30.3 Å². The van der Waals surface area contributed by atoms with Crippen molar-refractivity contribution in [3.8, 4) is 5.75 Å². The van der Waals surface area contributed by atoms with Gasteiger partial charge in [0.2, 0.25) is 0 Å². The van der Waals surface area contributed by atoms with E-state index in [4.69, 9.17) is 9.47 Å². The molecule has 17 heavy (non-hydrogen) atoms. The Morgan fingerprint density at radius 3 is 2.47 bits per heavy atom. The Labute approximate surface area is 105 Å². The molecule has 0 heterocycles. The van der Waals surface area contributed by atoms with Crippen LogP contribution in [-0.4, -0.2) is 19.8 Å². The monoisotopic (exact) mass is 236 g/mol. The molecular formula is C15H24O2. The molecule has 1 atom stereocenters. The Kier molecular flexibility index (Phi) is 7.48. The van der Waals surface area contributed by atoms with Crippen LogP contribution < -0.4 is 4.74 Å². The van der Waals surface area contributed by atoms with E-state index in [0.717, 1.165) is 31.6 Å². The molecule has 0 spiro atoms. The number of hydrogen-bond acceptors (Lipinski definition) is 2. The molecule has 0 N–H and O–H groups in total. The Morgan fingerprint density at radius 1 is 1.06 bits per heavy atom. The molecule has 0 aromatic heterocycles. The fourth-order valence-corrected chi connectivity index (χ4v) is 1.89. The molecule has 2 heteroatoms. The highest BCUT2D eigenvalue weighted by Crippen LogP contribution is 2.17. The molecule has 0 bridgehead atoms. The van der Waals surface area contributed by atoms with Crippen molar-refractivity contribution in [3.63, 3.8) is 0 Å². The maximum Gasteiger partial charge on any atom is 0.119 e. The quantitative estimate of drug-likeness (QED) is 0.602. The van der Waals surface area contributed by atoms with Gasteiger partial charge < -0.3 is 9.47 Å². The first-order valence-electron chi connectivity index (χ1n) is 6.57. The highest BCUT2D eigenvalue weighted by molar-refractivity contribution is 5.21. The highest BCUT2D eigenvalue weighted by atomic mass is 16.5. The summed E-state index contributed by atoms with van der Waals surface area (Å²) in [6.07, 6.45) is 6.05. The predicted octanol–water partition coefficient (Wildman–Crippen LogP) is 4.05.